The highest BCUT2D eigenvalue weighted by molar-refractivity contribution is 5.87. The van der Waals surface area contributed by atoms with Gasteiger partial charge in [0.1, 0.15) is 6.04 Å². The van der Waals surface area contributed by atoms with Crippen LogP contribution in [-0.2, 0) is 22.6 Å². The lowest BCUT2D eigenvalue weighted by Crippen LogP contribution is -2.48. The SMILES string of the molecule is C[C@H](C(=O)NCCO)N(Cc1ccccc1)C(=O)CCc1ccccc1. The highest BCUT2D eigenvalue weighted by Crippen LogP contribution is 2.13. The van der Waals surface area contributed by atoms with E-state index in [9.17, 15) is 9.59 Å². The first-order valence-corrected chi connectivity index (χ1v) is 8.87. The maximum atomic E-state index is 12.8. The monoisotopic (exact) mass is 354 g/mol. The molecule has 0 radical (unpaired) electrons. The molecular weight excluding hydrogens is 328 g/mol. The quantitative estimate of drug-likeness (QED) is 0.725. The Labute approximate surface area is 154 Å². The van der Waals surface area contributed by atoms with Gasteiger partial charge in [-0.1, -0.05) is 60.7 Å². The van der Waals surface area contributed by atoms with Crippen molar-refractivity contribution in [1.29, 1.82) is 0 Å². The van der Waals surface area contributed by atoms with E-state index in [1.54, 1.807) is 11.8 Å². The maximum absolute atomic E-state index is 12.8. The summed E-state index contributed by atoms with van der Waals surface area (Å²) in [5.41, 5.74) is 2.07. The Bertz CT molecular complexity index is 689. The topological polar surface area (TPSA) is 69.6 Å². The molecule has 0 aliphatic rings. The van der Waals surface area contributed by atoms with Crippen molar-refractivity contribution in [3.05, 3.63) is 71.8 Å². The lowest BCUT2D eigenvalue weighted by Gasteiger charge is -2.29. The number of carbonyl (C=O) groups is 2. The molecule has 2 rings (SSSR count). The van der Waals surface area contributed by atoms with Gasteiger partial charge in [-0.3, -0.25) is 9.59 Å². The van der Waals surface area contributed by atoms with Gasteiger partial charge < -0.3 is 15.3 Å². The van der Waals surface area contributed by atoms with Crippen LogP contribution in [0.4, 0.5) is 0 Å². The second kappa shape index (κ2) is 10.4. The molecule has 2 aromatic carbocycles. The summed E-state index contributed by atoms with van der Waals surface area (Å²) in [5.74, 6) is -0.326. The van der Waals surface area contributed by atoms with Gasteiger partial charge in [-0.15, -0.1) is 0 Å². The summed E-state index contributed by atoms with van der Waals surface area (Å²) in [7, 11) is 0. The number of carbonyl (C=O) groups excluding carboxylic acids is 2. The Morgan fingerprint density at radius 2 is 1.58 bits per heavy atom. The molecule has 0 spiro atoms. The third-order valence-electron chi connectivity index (χ3n) is 4.24. The van der Waals surface area contributed by atoms with Crippen molar-refractivity contribution < 1.29 is 14.7 Å². The Kier molecular flexibility index (Phi) is 7.83. The van der Waals surface area contributed by atoms with E-state index in [0.717, 1.165) is 11.1 Å². The van der Waals surface area contributed by atoms with Gasteiger partial charge in [-0.2, -0.15) is 0 Å². The van der Waals surface area contributed by atoms with Crippen LogP contribution < -0.4 is 5.32 Å². The molecule has 26 heavy (non-hydrogen) atoms. The normalized spacial score (nSPS) is 11.6. The number of aryl methyl sites for hydroxylation is 1. The minimum Gasteiger partial charge on any atom is -0.395 e. The zero-order valence-corrected chi connectivity index (χ0v) is 15.1. The third kappa shape index (κ3) is 6.01. The minimum atomic E-state index is -0.606. The predicted molar refractivity (Wildman–Crippen MR) is 101 cm³/mol. The molecule has 2 amide bonds. The van der Waals surface area contributed by atoms with Crippen LogP contribution >= 0.6 is 0 Å². The summed E-state index contributed by atoms with van der Waals surface area (Å²) in [6.45, 7) is 2.15. The van der Waals surface area contributed by atoms with E-state index in [1.807, 2.05) is 60.7 Å². The fourth-order valence-corrected chi connectivity index (χ4v) is 2.73. The van der Waals surface area contributed by atoms with Gasteiger partial charge in [0, 0.05) is 19.5 Å². The van der Waals surface area contributed by atoms with Gasteiger partial charge >= 0.3 is 0 Å². The van der Waals surface area contributed by atoms with Crippen molar-refractivity contribution in [2.45, 2.75) is 32.4 Å². The van der Waals surface area contributed by atoms with Crippen molar-refractivity contribution in [2.75, 3.05) is 13.2 Å². The molecule has 0 heterocycles. The van der Waals surface area contributed by atoms with E-state index in [0.29, 0.717) is 19.4 Å². The summed E-state index contributed by atoms with van der Waals surface area (Å²) in [6, 6.07) is 18.9. The lowest BCUT2D eigenvalue weighted by atomic mass is 10.1. The summed E-state index contributed by atoms with van der Waals surface area (Å²) in [4.78, 5) is 26.7. The molecule has 0 saturated carbocycles. The third-order valence-corrected chi connectivity index (χ3v) is 4.24. The number of hydrogen-bond acceptors (Lipinski definition) is 3. The first-order valence-electron chi connectivity index (χ1n) is 8.87. The number of aliphatic hydroxyl groups excluding tert-OH is 1. The first kappa shape index (κ1) is 19.7. The molecule has 5 nitrogen and oxygen atoms in total. The van der Waals surface area contributed by atoms with E-state index in [1.165, 1.54) is 0 Å². The summed E-state index contributed by atoms with van der Waals surface area (Å²) in [6.07, 6.45) is 0.977. The molecule has 2 N–H and O–H groups in total. The number of aliphatic hydroxyl groups is 1. The van der Waals surface area contributed by atoms with Crippen molar-refractivity contribution in [1.82, 2.24) is 10.2 Å². The largest absolute Gasteiger partial charge is 0.395 e. The van der Waals surface area contributed by atoms with Crippen LogP contribution in [0.2, 0.25) is 0 Å². The molecular formula is C21H26N2O3. The summed E-state index contributed by atoms with van der Waals surface area (Å²) < 4.78 is 0. The number of nitrogens with one attached hydrogen (secondary N) is 1. The van der Waals surface area contributed by atoms with Crippen LogP contribution in [0.3, 0.4) is 0 Å². The molecule has 0 aromatic heterocycles. The lowest BCUT2D eigenvalue weighted by molar-refractivity contribution is -0.140. The molecule has 0 bridgehead atoms. The molecule has 0 unspecified atom stereocenters. The second-order valence-corrected chi connectivity index (χ2v) is 6.18. The van der Waals surface area contributed by atoms with Crippen LogP contribution in [-0.4, -0.2) is 41.0 Å². The van der Waals surface area contributed by atoms with Gasteiger partial charge in [0.2, 0.25) is 11.8 Å². The van der Waals surface area contributed by atoms with Crippen molar-refractivity contribution in [2.24, 2.45) is 0 Å². The fourth-order valence-electron chi connectivity index (χ4n) is 2.73. The standard InChI is InChI=1S/C21H26N2O3/c1-17(21(26)22-14-15-24)23(16-19-10-6-3-7-11-19)20(25)13-12-18-8-4-2-5-9-18/h2-11,17,24H,12-16H2,1H3,(H,22,26)/t17-/m1/s1. The first-order chi connectivity index (χ1) is 12.6. The van der Waals surface area contributed by atoms with Gasteiger partial charge in [0.25, 0.3) is 0 Å². The molecule has 2 aromatic rings. The Balaban J connectivity index is 2.07. The Hall–Kier alpha value is -2.66. The van der Waals surface area contributed by atoms with Gasteiger partial charge in [-0.05, 0) is 24.5 Å². The van der Waals surface area contributed by atoms with Crippen LogP contribution in [0.1, 0.15) is 24.5 Å². The Morgan fingerprint density at radius 1 is 1.00 bits per heavy atom. The second-order valence-electron chi connectivity index (χ2n) is 6.18. The molecule has 0 saturated heterocycles. The molecule has 138 valence electrons. The van der Waals surface area contributed by atoms with E-state index >= 15 is 0 Å². The average Bonchev–Trinajstić information content (AvgIpc) is 2.69. The van der Waals surface area contributed by atoms with Crippen LogP contribution in [0.25, 0.3) is 0 Å². The fraction of sp³-hybridized carbons (Fsp3) is 0.333. The van der Waals surface area contributed by atoms with E-state index < -0.39 is 6.04 Å². The number of benzene rings is 2. The average molecular weight is 354 g/mol. The predicted octanol–water partition coefficient (Wildman–Crippen LogP) is 2.14. The van der Waals surface area contributed by atoms with Gasteiger partial charge in [0.15, 0.2) is 0 Å². The summed E-state index contributed by atoms with van der Waals surface area (Å²) in [5, 5.41) is 11.5. The number of amides is 2. The van der Waals surface area contributed by atoms with Gasteiger partial charge in [0.05, 0.1) is 6.61 Å². The minimum absolute atomic E-state index is 0.0654. The van der Waals surface area contributed by atoms with Gasteiger partial charge in [-0.25, -0.2) is 0 Å². The van der Waals surface area contributed by atoms with Crippen LogP contribution in [0.15, 0.2) is 60.7 Å². The van der Waals surface area contributed by atoms with Crippen LogP contribution in [0, 0.1) is 0 Å². The Morgan fingerprint density at radius 3 is 2.15 bits per heavy atom. The molecule has 0 aliphatic carbocycles. The molecule has 1 atom stereocenters. The smallest absolute Gasteiger partial charge is 0.242 e. The highest BCUT2D eigenvalue weighted by Gasteiger charge is 2.25. The summed E-state index contributed by atoms with van der Waals surface area (Å²) >= 11 is 0. The molecule has 0 aliphatic heterocycles. The van der Waals surface area contributed by atoms with Crippen molar-refractivity contribution in [3.8, 4) is 0 Å². The van der Waals surface area contributed by atoms with E-state index in [4.69, 9.17) is 5.11 Å². The highest BCUT2D eigenvalue weighted by atomic mass is 16.3. The zero-order chi connectivity index (χ0) is 18.8. The zero-order valence-electron chi connectivity index (χ0n) is 15.1. The van der Waals surface area contributed by atoms with Crippen molar-refractivity contribution in [3.63, 3.8) is 0 Å². The molecule has 5 heteroatoms. The molecule has 0 fully saturated rings. The van der Waals surface area contributed by atoms with E-state index in [2.05, 4.69) is 5.32 Å². The number of hydrogen-bond donors (Lipinski definition) is 2. The van der Waals surface area contributed by atoms with Crippen molar-refractivity contribution >= 4 is 11.8 Å². The number of rotatable bonds is 9. The number of nitrogens with zero attached hydrogens (tertiary/aromatic N) is 1. The van der Waals surface area contributed by atoms with Crippen LogP contribution in [0.5, 0.6) is 0 Å². The van der Waals surface area contributed by atoms with E-state index in [-0.39, 0.29) is 25.0 Å². The maximum Gasteiger partial charge on any atom is 0.242 e.